The van der Waals surface area contributed by atoms with Crippen LogP contribution < -0.4 is 0 Å². The Kier molecular flexibility index (Phi) is 3.74. The molecule has 1 rings (SSSR count). The average molecular weight is 166 g/mol. The Hall–Kier alpha value is -0.890. The summed E-state index contributed by atoms with van der Waals surface area (Å²) >= 11 is 0. The summed E-state index contributed by atoms with van der Waals surface area (Å²) in [5.41, 5.74) is 0.773. The average Bonchev–Trinajstić information content (AvgIpc) is 2.15. The van der Waals surface area contributed by atoms with E-state index in [1.165, 1.54) is 0 Å². The zero-order valence-corrected chi connectivity index (χ0v) is 7.07. The summed E-state index contributed by atoms with van der Waals surface area (Å²) in [7, 11) is 0. The van der Waals surface area contributed by atoms with Crippen molar-refractivity contribution in [3.8, 4) is 0 Å². The topological polar surface area (TPSA) is 37.3 Å². The number of rotatable bonds is 4. The second-order valence-electron chi connectivity index (χ2n) is 3.04. The van der Waals surface area contributed by atoms with Crippen molar-refractivity contribution in [1.82, 2.24) is 0 Å². The monoisotopic (exact) mass is 166 g/mol. The van der Waals surface area contributed by atoms with Gasteiger partial charge in [-0.15, -0.1) is 0 Å². The lowest BCUT2D eigenvalue weighted by Gasteiger charge is -2.12. The van der Waals surface area contributed by atoms with Crippen molar-refractivity contribution in [1.29, 1.82) is 0 Å². The maximum atomic E-state index is 10.3. The molecule has 1 unspecified atom stereocenters. The van der Waals surface area contributed by atoms with Crippen molar-refractivity contribution in [3.63, 3.8) is 0 Å². The molecule has 0 bridgehead atoms. The standard InChI is InChI=1S/C10H14O2/c11-7-1-2-9-3-5-10(8-12)6-4-9/h3,5-6,8-9,11H,1-2,4,7H2. The van der Waals surface area contributed by atoms with Gasteiger partial charge in [0, 0.05) is 12.2 Å². The molecule has 0 saturated carbocycles. The van der Waals surface area contributed by atoms with Crippen LogP contribution in [0, 0.1) is 5.92 Å². The Labute approximate surface area is 72.6 Å². The lowest BCUT2D eigenvalue weighted by atomic mass is 9.93. The molecule has 0 radical (unpaired) electrons. The number of aliphatic hydroxyl groups excluding tert-OH is 1. The van der Waals surface area contributed by atoms with Crippen LogP contribution in [0.5, 0.6) is 0 Å². The van der Waals surface area contributed by atoms with E-state index in [0.29, 0.717) is 5.92 Å². The van der Waals surface area contributed by atoms with Gasteiger partial charge in [-0.3, -0.25) is 4.79 Å². The van der Waals surface area contributed by atoms with Crippen LogP contribution in [0.25, 0.3) is 0 Å². The fraction of sp³-hybridized carbons (Fsp3) is 0.500. The molecule has 0 aromatic heterocycles. The summed E-state index contributed by atoms with van der Waals surface area (Å²) < 4.78 is 0. The van der Waals surface area contributed by atoms with E-state index >= 15 is 0 Å². The number of hydrogen-bond acceptors (Lipinski definition) is 2. The van der Waals surface area contributed by atoms with E-state index in [1.807, 2.05) is 12.2 Å². The Morgan fingerprint density at radius 2 is 2.50 bits per heavy atom. The Morgan fingerprint density at radius 3 is 3.00 bits per heavy atom. The molecule has 0 saturated heterocycles. The van der Waals surface area contributed by atoms with Gasteiger partial charge < -0.3 is 5.11 Å². The molecule has 0 aromatic carbocycles. The van der Waals surface area contributed by atoms with Crippen molar-refractivity contribution < 1.29 is 9.90 Å². The number of aldehydes is 1. The summed E-state index contributed by atoms with van der Waals surface area (Å²) in [5, 5.41) is 8.60. The normalized spacial score (nSPS) is 22.1. The van der Waals surface area contributed by atoms with Crippen molar-refractivity contribution >= 4 is 6.29 Å². The minimum Gasteiger partial charge on any atom is -0.396 e. The van der Waals surface area contributed by atoms with Gasteiger partial charge in [0.25, 0.3) is 0 Å². The first kappa shape index (κ1) is 9.20. The highest BCUT2D eigenvalue weighted by Gasteiger charge is 2.07. The quantitative estimate of drug-likeness (QED) is 0.642. The number of aliphatic hydroxyl groups is 1. The van der Waals surface area contributed by atoms with Crippen LogP contribution in [0.3, 0.4) is 0 Å². The van der Waals surface area contributed by atoms with E-state index in [2.05, 4.69) is 6.08 Å². The number of carbonyl (C=O) groups is 1. The fourth-order valence-corrected chi connectivity index (χ4v) is 1.34. The summed E-state index contributed by atoms with van der Waals surface area (Å²) in [6.07, 6.45) is 9.53. The van der Waals surface area contributed by atoms with Gasteiger partial charge in [-0.05, 0) is 25.2 Å². The Balaban J connectivity index is 2.32. The molecule has 0 spiro atoms. The van der Waals surface area contributed by atoms with E-state index in [0.717, 1.165) is 31.1 Å². The number of carbonyl (C=O) groups excluding carboxylic acids is 1. The second kappa shape index (κ2) is 4.88. The third-order valence-corrected chi connectivity index (χ3v) is 2.09. The van der Waals surface area contributed by atoms with E-state index in [-0.39, 0.29) is 6.61 Å². The predicted molar refractivity (Wildman–Crippen MR) is 47.7 cm³/mol. The van der Waals surface area contributed by atoms with E-state index in [9.17, 15) is 4.79 Å². The first-order valence-electron chi connectivity index (χ1n) is 4.31. The van der Waals surface area contributed by atoms with Gasteiger partial charge in [0.2, 0.25) is 0 Å². The van der Waals surface area contributed by atoms with Crippen LogP contribution >= 0.6 is 0 Å². The summed E-state index contributed by atoms with van der Waals surface area (Å²) in [4.78, 5) is 10.3. The molecule has 66 valence electrons. The zero-order chi connectivity index (χ0) is 8.81. The molecule has 1 aliphatic rings. The van der Waals surface area contributed by atoms with Gasteiger partial charge in [-0.2, -0.15) is 0 Å². The highest BCUT2D eigenvalue weighted by molar-refractivity contribution is 5.77. The van der Waals surface area contributed by atoms with Gasteiger partial charge >= 0.3 is 0 Å². The van der Waals surface area contributed by atoms with E-state index < -0.39 is 0 Å². The Morgan fingerprint density at radius 1 is 1.67 bits per heavy atom. The first-order valence-corrected chi connectivity index (χ1v) is 4.31. The highest BCUT2D eigenvalue weighted by atomic mass is 16.2. The maximum Gasteiger partial charge on any atom is 0.149 e. The van der Waals surface area contributed by atoms with Crippen LogP contribution in [-0.2, 0) is 4.79 Å². The molecule has 0 fully saturated rings. The third-order valence-electron chi connectivity index (χ3n) is 2.09. The molecule has 1 aliphatic carbocycles. The molecule has 0 heterocycles. The Bertz CT molecular complexity index is 204. The number of allylic oxidation sites excluding steroid dienone is 4. The SMILES string of the molecule is O=CC1=CCC(CCCO)C=C1. The molecule has 1 atom stereocenters. The lowest BCUT2D eigenvalue weighted by molar-refractivity contribution is -0.104. The van der Waals surface area contributed by atoms with Gasteiger partial charge in [-0.1, -0.05) is 18.2 Å². The van der Waals surface area contributed by atoms with Gasteiger partial charge in [-0.25, -0.2) is 0 Å². The fourth-order valence-electron chi connectivity index (χ4n) is 1.34. The molecular weight excluding hydrogens is 152 g/mol. The maximum absolute atomic E-state index is 10.3. The zero-order valence-electron chi connectivity index (χ0n) is 7.07. The molecule has 2 heteroatoms. The summed E-state index contributed by atoms with van der Waals surface area (Å²) in [6, 6.07) is 0. The molecule has 0 aromatic rings. The highest BCUT2D eigenvalue weighted by Crippen LogP contribution is 2.19. The van der Waals surface area contributed by atoms with Crippen molar-refractivity contribution in [2.45, 2.75) is 19.3 Å². The van der Waals surface area contributed by atoms with Crippen LogP contribution in [0.4, 0.5) is 0 Å². The van der Waals surface area contributed by atoms with Crippen LogP contribution in [0.2, 0.25) is 0 Å². The molecule has 1 N–H and O–H groups in total. The van der Waals surface area contributed by atoms with Crippen LogP contribution in [0.1, 0.15) is 19.3 Å². The van der Waals surface area contributed by atoms with E-state index in [4.69, 9.17) is 5.11 Å². The summed E-state index contributed by atoms with van der Waals surface area (Å²) in [6.45, 7) is 0.259. The summed E-state index contributed by atoms with van der Waals surface area (Å²) in [5.74, 6) is 0.515. The molecule has 0 aliphatic heterocycles. The van der Waals surface area contributed by atoms with Crippen molar-refractivity contribution in [2.24, 2.45) is 5.92 Å². The van der Waals surface area contributed by atoms with E-state index in [1.54, 1.807) is 0 Å². The molecule has 12 heavy (non-hydrogen) atoms. The predicted octanol–water partition coefficient (Wildman–Crippen LogP) is 1.46. The first-order chi connectivity index (χ1) is 5.86. The molecule has 2 nitrogen and oxygen atoms in total. The van der Waals surface area contributed by atoms with Gasteiger partial charge in [0.1, 0.15) is 6.29 Å². The largest absolute Gasteiger partial charge is 0.396 e. The van der Waals surface area contributed by atoms with Crippen molar-refractivity contribution in [3.05, 3.63) is 23.8 Å². The lowest BCUT2D eigenvalue weighted by Crippen LogP contribution is -2.01. The van der Waals surface area contributed by atoms with Crippen LogP contribution in [0.15, 0.2) is 23.8 Å². The smallest absolute Gasteiger partial charge is 0.149 e. The van der Waals surface area contributed by atoms with Crippen LogP contribution in [-0.4, -0.2) is 18.0 Å². The second-order valence-corrected chi connectivity index (χ2v) is 3.04. The number of hydrogen-bond donors (Lipinski definition) is 1. The minimum absolute atomic E-state index is 0.259. The minimum atomic E-state index is 0.259. The van der Waals surface area contributed by atoms with Gasteiger partial charge in [0.15, 0.2) is 0 Å². The van der Waals surface area contributed by atoms with Gasteiger partial charge in [0.05, 0.1) is 0 Å². The van der Waals surface area contributed by atoms with Crippen molar-refractivity contribution in [2.75, 3.05) is 6.61 Å². The molecule has 0 amide bonds. The molecular formula is C10H14O2. The third kappa shape index (κ3) is 2.62.